The number of hydrogen-bond donors (Lipinski definition) is 1. The van der Waals surface area contributed by atoms with Crippen molar-refractivity contribution < 1.29 is 0 Å². The van der Waals surface area contributed by atoms with Crippen LogP contribution in [0.3, 0.4) is 0 Å². The van der Waals surface area contributed by atoms with Gasteiger partial charge in [-0.2, -0.15) is 0 Å². The summed E-state index contributed by atoms with van der Waals surface area (Å²) in [7, 11) is 0. The molecule has 0 saturated carbocycles. The topological polar surface area (TPSA) is 12.0 Å². The molecule has 0 radical (unpaired) electrons. The fourth-order valence-corrected chi connectivity index (χ4v) is 3.54. The van der Waals surface area contributed by atoms with Gasteiger partial charge in [0.2, 0.25) is 0 Å². The Kier molecular flexibility index (Phi) is 6.18. The molecule has 0 saturated heterocycles. The van der Waals surface area contributed by atoms with Crippen molar-refractivity contribution in [3.05, 3.63) is 20.8 Å². The van der Waals surface area contributed by atoms with Gasteiger partial charge in [0.15, 0.2) is 0 Å². The van der Waals surface area contributed by atoms with Crippen LogP contribution < -0.4 is 5.32 Å². The van der Waals surface area contributed by atoms with Crippen molar-refractivity contribution in [1.29, 1.82) is 0 Å². The van der Waals surface area contributed by atoms with E-state index in [1.54, 1.807) is 0 Å². The zero-order valence-electron chi connectivity index (χ0n) is 11.3. The van der Waals surface area contributed by atoms with Crippen LogP contribution in [0.5, 0.6) is 0 Å². The van der Waals surface area contributed by atoms with E-state index in [1.165, 1.54) is 22.2 Å². The van der Waals surface area contributed by atoms with Crippen LogP contribution in [0.2, 0.25) is 0 Å². The van der Waals surface area contributed by atoms with Gasteiger partial charge in [0.1, 0.15) is 0 Å². The van der Waals surface area contributed by atoms with Crippen molar-refractivity contribution in [3.8, 4) is 0 Å². The van der Waals surface area contributed by atoms with E-state index in [9.17, 15) is 0 Å². The molecule has 1 aromatic rings. The van der Waals surface area contributed by atoms with Crippen molar-refractivity contribution in [2.45, 2.75) is 53.0 Å². The molecule has 1 rings (SSSR count). The molecule has 1 unspecified atom stereocenters. The summed E-state index contributed by atoms with van der Waals surface area (Å²) in [5.74, 6) is 0. The summed E-state index contributed by atoms with van der Waals surface area (Å²) in [6, 6.07) is 2.84. The van der Waals surface area contributed by atoms with Crippen molar-refractivity contribution in [1.82, 2.24) is 5.32 Å². The van der Waals surface area contributed by atoms with Crippen LogP contribution in [0.1, 0.15) is 45.4 Å². The normalized spacial score (nSPS) is 13.9. The highest BCUT2D eigenvalue weighted by Gasteiger charge is 2.19. The van der Waals surface area contributed by atoms with Crippen molar-refractivity contribution >= 4 is 27.3 Å². The lowest BCUT2D eigenvalue weighted by Crippen LogP contribution is -2.35. The van der Waals surface area contributed by atoms with E-state index in [4.69, 9.17) is 0 Å². The van der Waals surface area contributed by atoms with Gasteiger partial charge < -0.3 is 5.32 Å². The van der Waals surface area contributed by atoms with Crippen molar-refractivity contribution in [3.63, 3.8) is 0 Å². The van der Waals surface area contributed by atoms with E-state index >= 15 is 0 Å². The molecule has 98 valence electrons. The number of nitrogens with one attached hydrogen (secondary N) is 1. The third-order valence-corrected chi connectivity index (χ3v) is 4.33. The first kappa shape index (κ1) is 15.2. The van der Waals surface area contributed by atoms with Gasteiger partial charge in [0.25, 0.3) is 0 Å². The van der Waals surface area contributed by atoms with E-state index in [0.717, 1.165) is 13.0 Å². The predicted molar refractivity (Wildman–Crippen MR) is 81.9 cm³/mol. The van der Waals surface area contributed by atoms with E-state index in [0.29, 0.717) is 11.5 Å². The predicted octanol–water partition coefficient (Wildman–Crippen LogP) is 4.86. The van der Waals surface area contributed by atoms with Crippen LogP contribution in [0.15, 0.2) is 15.9 Å². The number of thiophene rings is 1. The Morgan fingerprint density at radius 2 is 2.12 bits per heavy atom. The van der Waals surface area contributed by atoms with Crippen LogP contribution in [-0.2, 0) is 6.42 Å². The molecule has 0 aliphatic carbocycles. The molecule has 0 aliphatic heterocycles. The lowest BCUT2D eigenvalue weighted by atomic mass is 9.86. The van der Waals surface area contributed by atoms with Crippen molar-refractivity contribution in [2.24, 2.45) is 5.41 Å². The zero-order chi connectivity index (χ0) is 12.9. The van der Waals surface area contributed by atoms with Crippen LogP contribution in [-0.4, -0.2) is 12.6 Å². The molecular weight excluding hydrogens is 294 g/mol. The van der Waals surface area contributed by atoms with Gasteiger partial charge in [-0.1, -0.05) is 27.7 Å². The van der Waals surface area contributed by atoms with E-state index in [-0.39, 0.29) is 0 Å². The quantitative estimate of drug-likeness (QED) is 0.790. The molecule has 0 amide bonds. The summed E-state index contributed by atoms with van der Waals surface area (Å²) in [6.45, 7) is 10.3. The average Bonchev–Trinajstić information content (AvgIpc) is 2.58. The van der Waals surface area contributed by atoms with Gasteiger partial charge >= 0.3 is 0 Å². The molecule has 1 nitrogen and oxygen atoms in total. The van der Waals surface area contributed by atoms with Crippen LogP contribution in [0.4, 0.5) is 0 Å². The standard InChI is InChI=1S/C14H24BrNS/c1-5-6-16-12(9-14(2,3)4)8-13-7-11(15)10-17-13/h7,10,12,16H,5-6,8-9H2,1-4H3. The Morgan fingerprint density at radius 3 is 2.59 bits per heavy atom. The van der Waals surface area contributed by atoms with E-state index in [1.807, 2.05) is 11.3 Å². The second kappa shape index (κ2) is 6.91. The van der Waals surface area contributed by atoms with Crippen molar-refractivity contribution in [2.75, 3.05) is 6.54 Å². The molecule has 1 aromatic heterocycles. The molecule has 17 heavy (non-hydrogen) atoms. The Bertz CT molecular complexity index is 327. The summed E-state index contributed by atoms with van der Waals surface area (Å²) >= 11 is 5.38. The third kappa shape index (κ3) is 6.58. The number of halogens is 1. The number of hydrogen-bond acceptors (Lipinski definition) is 2. The van der Waals surface area contributed by atoms with Gasteiger partial charge in [-0.15, -0.1) is 11.3 Å². The first-order valence-corrected chi connectivity index (χ1v) is 8.04. The summed E-state index contributed by atoms with van der Waals surface area (Å²) in [5.41, 5.74) is 0.389. The third-order valence-electron chi connectivity index (χ3n) is 2.61. The smallest absolute Gasteiger partial charge is 0.0285 e. The molecule has 0 aliphatic rings. The van der Waals surface area contributed by atoms with E-state index < -0.39 is 0 Å². The minimum absolute atomic E-state index is 0.389. The minimum Gasteiger partial charge on any atom is -0.314 e. The monoisotopic (exact) mass is 317 g/mol. The molecule has 3 heteroatoms. The highest BCUT2D eigenvalue weighted by Crippen LogP contribution is 2.26. The maximum absolute atomic E-state index is 3.68. The molecule has 0 fully saturated rings. The highest BCUT2D eigenvalue weighted by molar-refractivity contribution is 9.10. The van der Waals surface area contributed by atoms with Crippen LogP contribution in [0, 0.1) is 5.41 Å². The molecule has 1 atom stereocenters. The highest BCUT2D eigenvalue weighted by atomic mass is 79.9. The molecular formula is C14H24BrNS. The summed E-state index contributed by atoms with van der Waals surface area (Å²) in [4.78, 5) is 1.47. The SMILES string of the molecule is CCCNC(Cc1cc(Br)cs1)CC(C)(C)C. The summed E-state index contributed by atoms with van der Waals surface area (Å²) in [5, 5.41) is 5.85. The Hall–Kier alpha value is 0.140. The Morgan fingerprint density at radius 1 is 1.41 bits per heavy atom. The lowest BCUT2D eigenvalue weighted by Gasteiger charge is -2.26. The minimum atomic E-state index is 0.389. The first-order chi connectivity index (χ1) is 7.90. The van der Waals surface area contributed by atoms with Gasteiger partial charge in [0, 0.05) is 20.8 Å². The lowest BCUT2D eigenvalue weighted by molar-refractivity contribution is 0.307. The molecule has 0 bridgehead atoms. The second-order valence-electron chi connectivity index (χ2n) is 5.85. The summed E-state index contributed by atoms with van der Waals surface area (Å²) in [6.07, 6.45) is 3.57. The molecule has 0 aromatic carbocycles. The average molecular weight is 318 g/mol. The maximum atomic E-state index is 3.68. The Balaban J connectivity index is 2.56. The number of rotatable bonds is 6. The zero-order valence-corrected chi connectivity index (χ0v) is 13.7. The summed E-state index contributed by atoms with van der Waals surface area (Å²) < 4.78 is 1.21. The van der Waals surface area contributed by atoms with Gasteiger partial charge in [-0.05, 0) is 53.2 Å². The maximum Gasteiger partial charge on any atom is 0.0285 e. The van der Waals surface area contributed by atoms with Gasteiger partial charge in [0.05, 0.1) is 0 Å². The molecule has 1 heterocycles. The fourth-order valence-electron chi connectivity index (χ4n) is 2.01. The van der Waals surface area contributed by atoms with E-state index in [2.05, 4.69) is 60.4 Å². The van der Waals surface area contributed by atoms with Crippen LogP contribution in [0.25, 0.3) is 0 Å². The fraction of sp³-hybridized carbons (Fsp3) is 0.714. The Labute approximate surface area is 118 Å². The van der Waals surface area contributed by atoms with Gasteiger partial charge in [-0.3, -0.25) is 0 Å². The largest absolute Gasteiger partial charge is 0.314 e. The van der Waals surface area contributed by atoms with Gasteiger partial charge in [-0.25, -0.2) is 0 Å². The molecule has 1 N–H and O–H groups in total. The van der Waals surface area contributed by atoms with Crippen LogP contribution >= 0.6 is 27.3 Å². The second-order valence-corrected chi connectivity index (χ2v) is 7.76. The first-order valence-electron chi connectivity index (χ1n) is 6.37. The molecule has 0 spiro atoms.